The Balaban J connectivity index is 0.00000312. The Morgan fingerprint density at radius 2 is 2.00 bits per heavy atom. The number of ether oxygens (including phenoxy) is 2. The van der Waals surface area contributed by atoms with Gasteiger partial charge >= 0.3 is 6.36 Å². The van der Waals surface area contributed by atoms with Crippen molar-refractivity contribution in [2.45, 2.75) is 29.6 Å². The van der Waals surface area contributed by atoms with E-state index in [2.05, 4.69) is 14.8 Å². The van der Waals surface area contributed by atoms with Crippen LogP contribution >= 0.6 is 12.4 Å². The van der Waals surface area contributed by atoms with Crippen molar-refractivity contribution >= 4 is 22.4 Å². The number of rotatable bonds is 7. The Labute approximate surface area is 150 Å². The molecule has 1 fully saturated rings. The van der Waals surface area contributed by atoms with E-state index in [4.69, 9.17) is 4.74 Å². The van der Waals surface area contributed by atoms with E-state index in [1.54, 1.807) is 0 Å². The predicted octanol–water partition coefficient (Wildman–Crippen LogP) is 2.05. The van der Waals surface area contributed by atoms with E-state index in [0.717, 1.165) is 25.1 Å². The maximum Gasteiger partial charge on any atom is 0.573 e. The first-order valence-corrected chi connectivity index (χ1v) is 8.74. The van der Waals surface area contributed by atoms with Gasteiger partial charge in [0, 0.05) is 13.7 Å². The molecule has 1 saturated heterocycles. The molecule has 0 aliphatic carbocycles. The smallest absolute Gasteiger partial charge is 0.404 e. The molecule has 1 atom stereocenters. The Morgan fingerprint density at radius 3 is 2.56 bits per heavy atom. The van der Waals surface area contributed by atoms with Gasteiger partial charge in [-0.05, 0) is 31.5 Å². The van der Waals surface area contributed by atoms with E-state index in [9.17, 15) is 21.6 Å². The molecule has 1 aliphatic heterocycles. The topological polar surface area (TPSA) is 76.7 Å². The van der Waals surface area contributed by atoms with Crippen LogP contribution in [0.15, 0.2) is 29.2 Å². The van der Waals surface area contributed by atoms with E-state index in [0.29, 0.717) is 6.42 Å². The van der Waals surface area contributed by atoms with Gasteiger partial charge in [0.1, 0.15) is 10.6 Å². The minimum Gasteiger partial charge on any atom is -0.404 e. The summed E-state index contributed by atoms with van der Waals surface area (Å²) in [6.45, 7) is 1.01. The van der Waals surface area contributed by atoms with Gasteiger partial charge in [0.15, 0.2) is 0 Å². The van der Waals surface area contributed by atoms with Crippen LogP contribution < -0.4 is 14.8 Å². The number of para-hydroxylation sites is 1. The lowest BCUT2D eigenvalue weighted by Crippen LogP contribution is -2.52. The first kappa shape index (κ1) is 22.0. The van der Waals surface area contributed by atoms with Crippen LogP contribution in [0.5, 0.6) is 5.75 Å². The Hall–Kier alpha value is -1.07. The molecule has 2 rings (SSSR count). The lowest BCUT2D eigenvalue weighted by atomic mass is 9.99. The van der Waals surface area contributed by atoms with Gasteiger partial charge in [0.05, 0.1) is 12.1 Å². The second kappa shape index (κ2) is 8.54. The second-order valence-electron chi connectivity index (χ2n) is 5.56. The zero-order chi connectivity index (χ0) is 17.8. The zero-order valence-corrected chi connectivity index (χ0v) is 15.1. The number of halogens is 4. The highest BCUT2D eigenvalue weighted by atomic mass is 35.5. The van der Waals surface area contributed by atoms with Gasteiger partial charge in [-0.15, -0.1) is 25.6 Å². The van der Waals surface area contributed by atoms with Crippen LogP contribution in [-0.2, 0) is 14.8 Å². The van der Waals surface area contributed by atoms with Crippen LogP contribution in [0, 0.1) is 0 Å². The molecular weight excluding hydrogens is 385 g/mol. The summed E-state index contributed by atoms with van der Waals surface area (Å²) >= 11 is 0. The van der Waals surface area contributed by atoms with Gasteiger partial charge in [0.2, 0.25) is 10.0 Å². The summed E-state index contributed by atoms with van der Waals surface area (Å²) < 4.78 is 73.4. The Bertz CT molecular complexity index is 664. The summed E-state index contributed by atoms with van der Waals surface area (Å²) in [5, 5.41) is 3.18. The number of sulfonamides is 1. The summed E-state index contributed by atoms with van der Waals surface area (Å²) in [6.07, 6.45) is -3.42. The molecule has 0 amide bonds. The fourth-order valence-electron chi connectivity index (χ4n) is 2.66. The lowest BCUT2D eigenvalue weighted by Gasteiger charge is -2.29. The summed E-state index contributed by atoms with van der Waals surface area (Å²) in [4.78, 5) is -0.562. The van der Waals surface area contributed by atoms with Crippen molar-refractivity contribution < 1.29 is 31.1 Å². The second-order valence-corrected chi connectivity index (χ2v) is 7.30. The van der Waals surface area contributed by atoms with Crippen molar-refractivity contribution in [1.29, 1.82) is 0 Å². The molecule has 6 nitrogen and oxygen atoms in total. The van der Waals surface area contributed by atoms with Gasteiger partial charge in [-0.25, -0.2) is 13.1 Å². The molecule has 144 valence electrons. The van der Waals surface area contributed by atoms with Crippen LogP contribution in [0.3, 0.4) is 0 Å². The molecular formula is C14H20ClF3N2O4S. The van der Waals surface area contributed by atoms with Gasteiger partial charge in [-0.1, -0.05) is 12.1 Å². The van der Waals surface area contributed by atoms with Crippen molar-refractivity contribution in [3.63, 3.8) is 0 Å². The highest BCUT2D eigenvalue weighted by molar-refractivity contribution is 7.89. The summed E-state index contributed by atoms with van der Waals surface area (Å²) in [7, 11) is -2.68. The molecule has 1 aliphatic rings. The number of nitrogens with one attached hydrogen (secondary N) is 2. The Kier molecular flexibility index (Phi) is 7.51. The molecule has 25 heavy (non-hydrogen) atoms. The van der Waals surface area contributed by atoms with Crippen LogP contribution in [0.4, 0.5) is 13.2 Å². The highest BCUT2D eigenvalue weighted by Crippen LogP contribution is 2.29. The standard InChI is InChI=1S/C14H19F3N2O4S.ClH/c1-22-10-13(7-4-8-18-13)9-19-24(20,21)12-6-3-2-5-11(12)23-14(15,16)17;/h2-3,5-6,18-19H,4,7-10H2,1H3;1H. The predicted molar refractivity (Wildman–Crippen MR) is 87.4 cm³/mol. The average Bonchev–Trinajstić information content (AvgIpc) is 2.94. The van der Waals surface area contributed by atoms with Crippen LogP contribution in [0.25, 0.3) is 0 Å². The normalized spacial score (nSPS) is 21.0. The highest BCUT2D eigenvalue weighted by Gasteiger charge is 2.37. The van der Waals surface area contributed by atoms with Crippen molar-refractivity contribution in [1.82, 2.24) is 10.0 Å². The van der Waals surface area contributed by atoms with Crippen molar-refractivity contribution in [3.8, 4) is 5.75 Å². The molecule has 0 saturated carbocycles. The van der Waals surface area contributed by atoms with E-state index >= 15 is 0 Å². The summed E-state index contributed by atoms with van der Waals surface area (Å²) in [6, 6.07) is 4.62. The molecule has 2 N–H and O–H groups in total. The minimum absolute atomic E-state index is 0. The zero-order valence-electron chi connectivity index (χ0n) is 13.4. The molecule has 0 aromatic heterocycles. The van der Waals surface area contributed by atoms with Crippen molar-refractivity contribution in [2.24, 2.45) is 0 Å². The first-order valence-electron chi connectivity index (χ1n) is 7.26. The third-order valence-electron chi connectivity index (χ3n) is 3.72. The maximum atomic E-state index is 12.4. The molecule has 1 aromatic rings. The third kappa shape index (κ3) is 6.00. The molecule has 11 heteroatoms. The quantitative estimate of drug-likeness (QED) is 0.727. The first-order chi connectivity index (χ1) is 11.2. The summed E-state index contributed by atoms with van der Waals surface area (Å²) in [5.74, 6) is -0.766. The van der Waals surface area contributed by atoms with Gasteiger partial charge in [-0.2, -0.15) is 0 Å². The monoisotopic (exact) mass is 404 g/mol. The van der Waals surface area contributed by atoms with E-state index in [1.807, 2.05) is 0 Å². The molecule has 1 unspecified atom stereocenters. The van der Waals surface area contributed by atoms with Crippen molar-refractivity contribution in [2.75, 3.05) is 26.8 Å². The number of alkyl halides is 3. The van der Waals surface area contributed by atoms with Gasteiger partial charge in [0.25, 0.3) is 0 Å². The van der Waals surface area contributed by atoms with E-state index in [-0.39, 0.29) is 25.6 Å². The van der Waals surface area contributed by atoms with E-state index in [1.165, 1.54) is 19.2 Å². The maximum absolute atomic E-state index is 12.4. The molecule has 0 spiro atoms. The fraction of sp³-hybridized carbons (Fsp3) is 0.571. The average molecular weight is 405 g/mol. The largest absolute Gasteiger partial charge is 0.573 e. The lowest BCUT2D eigenvalue weighted by molar-refractivity contribution is -0.275. The van der Waals surface area contributed by atoms with Gasteiger partial charge in [-0.3, -0.25) is 0 Å². The number of methoxy groups -OCH3 is 1. The fourth-order valence-corrected chi connectivity index (χ4v) is 3.92. The number of hydrogen-bond donors (Lipinski definition) is 2. The molecule has 1 aromatic carbocycles. The SMILES string of the molecule is COCC1(CNS(=O)(=O)c2ccccc2OC(F)(F)F)CCCN1.Cl. The van der Waals surface area contributed by atoms with Crippen LogP contribution in [0.1, 0.15) is 12.8 Å². The Morgan fingerprint density at radius 1 is 1.32 bits per heavy atom. The third-order valence-corrected chi connectivity index (χ3v) is 5.16. The molecule has 0 bridgehead atoms. The van der Waals surface area contributed by atoms with E-state index < -0.39 is 32.6 Å². The van der Waals surface area contributed by atoms with Crippen molar-refractivity contribution in [3.05, 3.63) is 24.3 Å². The van der Waals surface area contributed by atoms with Crippen LogP contribution in [-0.4, -0.2) is 47.1 Å². The molecule has 1 heterocycles. The minimum atomic E-state index is -4.98. The molecule has 0 radical (unpaired) electrons. The van der Waals surface area contributed by atoms with Crippen LogP contribution in [0.2, 0.25) is 0 Å². The summed E-state index contributed by atoms with van der Waals surface area (Å²) in [5.41, 5.74) is -0.568. The number of benzene rings is 1. The number of hydrogen-bond acceptors (Lipinski definition) is 5. The van der Waals surface area contributed by atoms with Gasteiger partial charge < -0.3 is 14.8 Å².